The van der Waals surface area contributed by atoms with Gasteiger partial charge < -0.3 is 10.2 Å². The minimum atomic E-state index is -0.658. The molecule has 0 fully saturated rings. The third kappa shape index (κ3) is 4.87. The van der Waals surface area contributed by atoms with E-state index in [1.807, 2.05) is 6.07 Å². The normalized spacial score (nSPS) is 13.9. The molecule has 0 aliphatic carbocycles. The number of benzene rings is 1. The average molecular weight is 247 g/mol. The van der Waals surface area contributed by atoms with Gasteiger partial charge in [0, 0.05) is 6.42 Å². The Morgan fingerprint density at radius 1 is 1.17 bits per heavy atom. The van der Waals surface area contributed by atoms with Gasteiger partial charge in [-0.15, -0.1) is 0 Å². The standard InChI is InChI=1S/C15H21NO2/c1-2-3-4-5-14(17)10-15(18)13-8-6-12(11-16)7-9-13/h6-9,14-15,17-18H,2-5,10H2,1H3/t14-,15-/m0/s1. The van der Waals surface area contributed by atoms with E-state index in [2.05, 4.69) is 6.92 Å². The summed E-state index contributed by atoms with van der Waals surface area (Å²) in [5.74, 6) is 0. The third-order valence-electron chi connectivity index (χ3n) is 3.06. The number of nitriles is 1. The zero-order valence-electron chi connectivity index (χ0n) is 10.8. The molecule has 0 bridgehead atoms. The Hall–Kier alpha value is -1.37. The first kappa shape index (κ1) is 14.7. The van der Waals surface area contributed by atoms with E-state index in [1.54, 1.807) is 24.3 Å². The Morgan fingerprint density at radius 2 is 1.83 bits per heavy atom. The van der Waals surface area contributed by atoms with Gasteiger partial charge in [-0.25, -0.2) is 0 Å². The summed E-state index contributed by atoms with van der Waals surface area (Å²) in [6.45, 7) is 2.12. The highest BCUT2D eigenvalue weighted by atomic mass is 16.3. The molecule has 0 aromatic heterocycles. The Labute approximate surface area is 109 Å². The molecule has 1 aromatic rings. The van der Waals surface area contributed by atoms with E-state index < -0.39 is 12.2 Å². The van der Waals surface area contributed by atoms with Crippen LogP contribution >= 0.6 is 0 Å². The second-order valence-electron chi connectivity index (χ2n) is 4.63. The van der Waals surface area contributed by atoms with Gasteiger partial charge in [0.1, 0.15) is 0 Å². The van der Waals surface area contributed by atoms with Gasteiger partial charge >= 0.3 is 0 Å². The van der Waals surface area contributed by atoms with Crippen molar-refractivity contribution in [2.75, 3.05) is 0 Å². The molecule has 1 rings (SSSR count). The lowest BCUT2D eigenvalue weighted by atomic mass is 9.99. The van der Waals surface area contributed by atoms with Crippen LogP contribution in [-0.2, 0) is 0 Å². The molecule has 0 aliphatic heterocycles. The van der Waals surface area contributed by atoms with Crippen LogP contribution in [-0.4, -0.2) is 16.3 Å². The molecular weight excluding hydrogens is 226 g/mol. The summed E-state index contributed by atoms with van der Waals surface area (Å²) >= 11 is 0. The summed E-state index contributed by atoms with van der Waals surface area (Å²) < 4.78 is 0. The van der Waals surface area contributed by atoms with Crippen molar-refractivity contribution < 1.29 is 10.2 Å². The van der Waals surface area contributed by atoms with Crippen molar-refractivity contribution in [3.05, 3.63) is 35.4 Å². The number of rotatable bonds is 7. The summed E-state index contributed by atoms with van der Waals surface area (Å²) in [6, 6.07) is 8.88. The van der Waals surface area contributed by atoms with Crippen LogP contribution in [0.3, 0.4) is 0 Å². The molecule has 0 spiro atoms. The second-order valence-corrected chi connectivity index (χ2v) is 4.63. The van der Waals surface area contributed by atoms with Crippen molar-refractivity contribution in [2.24, 2.45) is 0 Å². The molecule has 0 unspecified atom stereocenters. The van der Waals surface area contributed by atoms with Crippen LogP contribution in [0.25, 0.3) is 0 Å². The maximum atomic E-state index is 9.97. The fourth-order valence-corrected chi connectivity index (χ4v) is 1.92. The van der Waals surface area contributed by atoms with Gasteiger partial charge in [0.2, 0.25) is 0 Å². The van der Waals surface area contributed by atoms with Crippen molar-refractivity contribution in [2.45, 2.75) is 51.2 Å². The molecular formula is C15H21NO2. The maximum Gasteiger partial charge on any atom is 0.0991 e. The molecule has 3 nitrogen and oxygen atoms in total. The van der Waals surface area contributed by atoms with Crippen molar-refractivity contribution in [3.63, 3.8) is 0 Å². The molecule has 18 heavy (non-hydrogen) atoms. The Morgan fingerprint density at radius 3 is 2.39 bits per heavy atom. The highest BCUT2D eigenvalue weighted by molar-refractivity contribution is 5.32. The summed E-state index contributed by atoms with van der Waals surface area (Å²) in [5.41, 5.74) is 1.33. The molecule has 0 amide bonds. The fraction of sp³-hybridized carbons (Fsp3) is 0.533. The van der Waals surface area contributed by atoms with E-state index in [4.69, 9.17) is 5.26 Å². The number of nitrogens with zero attached hydrogens (tertiary/aromatic N) is 1. The highest BCUT2D eigenvalue weighted by Gasteiger charge is 2.13. The number of aliphatic hydroxyl groups excluding tert-OH is 2. The maximum absolute atomic E-state index is 9.97. The molecule has 0 heterocycles. The van der Waals surface area contributed by atoms with E-state index in [9.17, 15) is 10.2 Å². The minimum absolute atomic E-state index is 0.357. The van der Waals surface area contributed by atoms with Crippen molar-refractivity contribution in [1.29, 1.82) is 5.26 Å². The summed E-state index contributed by atoms with van der Waals surface area (Å²) in [5, 5.41) is 28.4. The molecule has 98 valence electrons. The fourth-order valence-electron chi connectivity index (χ4n) is 1.92. The zero-order valence-corrected chi connectivity index (χ0v) is 10.8. The lowest BCUT2D eigenvalue weighted by Crippen LogP contribution is -2.12. The van der Waals surface area contributed by atoms with Gasteiger partial charge in [-0.1, -0.05) is 38.3 Å². The molecule has 1 aromatic carbocycles. The SMILES string of the molecule is CCCCC[C@H](O)C[C@H](O)c1ccc(C#N)cc1. The predicted molar refractivity (Wildman–Crippen MR) is 70.9 cm³/mol. The molecule has 2 atom stereocenters. The zero-order chi connectivity index (χ0) is 13.4. The number of hydrogen-bond donors (Lipinski definition) is 2. The molecule has 2 N–H and O–H groups in total. The quantitative estimate of drug-likeness (QED) is 0.728. The average Bonchev–Trinajstić information content (AvgIpc) is 2.39. The first-order valence-corrected chi connectivity index (χ1v) is 6.53. The van der Waals surface area contributed by atoms with Crippen molar-refractivity contribution >= 4 is 0 Å². The van der Waals surface area contributed by atoms with E-state index in [-0.39, 0.29) is 0 Å². The second kappa shape index (κ2) is 7.86. The van der Waals surface area contributed by atoms with E-state index in [0.717, 1.165) is 31.2 Å². The van der Waals surface area contributed by atoms with E-state index in [1.165, 1.54) is 0 Å². The topological polar surface area (TPSA) is 64.2 Å². The van der Waals surface area contributed by atoms with Crippen molar-refractivity contribution in [1.82, 2.24) is 0 Å². The van der Waals surface area contributed by atoms with Gasteiger partial charge in [0.15, 0.2) is 0 Å². The van der Waals surface area contributed by atoms with Crippen LogP contribution in [0, 0.1) is 11.3 Å². The Kier molecular flexibility index (Phi) is 6.42. The lowest BCUT2D eigenvalue weighted by Gasteiger charge is -2.15. The van der Waals surface area contributed by atoms with Gasteiger partial charge in [-0.05, 0) is 24.1 Å². The Bertz CT molecular complexity index is 380. The van der Waals surface area contributed by atoms with Crippen LogP contribution in [0.1, 0.15) is 56.3 Å². The highest BCUT2D eigenvalue weighted by Crippen LogP contribution is 2.20. The number of aliphatic hydroxyl groups is 2. The van der Waals surface area contributed by atoms with Crippen molar-refractivity contribution in [3.8, 4) is 6.07 Å². The number of hydrogen-bond acceptors (Lipinski definition) is 3. The first-order valence-electron chi connectivity index (χ1n) is 6.53. The third-order valence-corrected chi connectivity index (χ3v) is 3.06. The number of unbranched alkanes of at least 4 members (excludes halogenated alkanes) is 2. The summed E-state index contributed by atoms with van der Waals surface area (Å²) in [6.07, 6.45) is 3.22. The molecule has 0 radical (unpaired) electrons. The monoisotopic (exact) mass is 247 g/mol. The molecule has 0 aliphatic rings. The lowest BCUT2D eigenvalue weighted by molar-refractivity contribution is 0.0740. The van der Waals surface area contributed by atoms with Gasteiger partial charge in [-0.2, -0.15) is 5.26 Å². The van der Waals surface area contributed by atoms with Gasteiger partial charge in [0.25, 0.3) is 0 Å². The molecule has 0 saturated heterocycles. The van der Waals surface area contributed by atoms with Gasteiger partial charge in [0.05, 0.1) is 23.8 Å². The van der Waals surface area contributed by atoms with Crippen LogP contribution in [0.4, 0.5) is 0 Å². The van der Waals surface area contributed by atoms with Gasteiger partial charge in [-0.3, -0.25) is 0 Å². The summed E-state index contributed by atoms with van der Waals surface area (Å²) in [4.78, 5) is 0. The first-order chi connectivity index (χ1) is 8.67. The smallest absolute Gasteiger partial charge is 0.0991 e. The molecule has 3 heteroatoms. The van der Waals surface area contributed by atoms with E-state index >= 15 is 0 Å². The van der Waals surface area contributed by atoms with Crippen LogP contribution in [0.15, 0.2) is 24.3 Å². The largest absolute Gasteiger partial charge is 0.393 e. The predicted octanol–water partition coefficient (Wildman–Crippen LogP) is 2.92. The van der Waals surface area contributed by atoms with Crippen LogP contribution < -0.4 is 0 Å². The Balaban J connectivity index is 2.43. The molecule has 0 saturated carbocycles. The minimum Gasteiger partial charge on any atom is -0.393 e. The van der Waals surface area contributed by atoms with Crippen LogP contribution in [0.2, 0.25) is 0 Å². The van der Waals surface area contributed by atoms with E-state index in [0.29, 0.717) is 12.0 Å². The van der Waals surface area contributed by atoms with Crippen LogP contribution in [0.5, 0.6) is 0 Å². The summed E-state index contributed by atoms with van der Waals surface area (Å²) in [7, 11) is 0.